The minimum Gasteiger partial charge on any atom is -0.327 e. The molecule has 3 aromatic heterocycles. The van der Waals surface area contributed by atoms with E-state index in [1.54, 1.807) is 24.0 Å². The summed E-state index contributed by atoms with van der Waals surface area (Å²) in [6.07, 6.45) is 7.70. The number of aromatic nitrogens is 4. The summed E-state index contributed by atoms with van der Waals surface area (Å²) in [5, 5.41) is 3.84. The van der Waals surface area contributed by atoms with Crippen LogP contribution in [0.15, 0.2) is 53.7 Å². The molecule has 7 nitrogen and oxygen atoms in total. The summed E-state index contributed by atoms with van der Waals surface area (Å²) in [6, 6.07) is 9.40. The van der Waals surface area contributed by atoms with E-state index >= 15 is 0 Å². The molecule has 0 unspecified atom stereocenters. The molecule has 162 valence electrons. The van der Waals surface area contributed by atoms with Crippen LogP contribution in [0.2, 0.25) is 0 Å². The highest BCUT2D eigenvalue weighted by Crippen LogP contribution is 2.31. The van der Waals surface area contributed by atoms with Gasteiger partial charge in [-0.2, -0.15) is 0 Å². The second-order valence-electron chi connectivity index (χ2n) is 8.64. The van der Waals surface area contributed by atoms with Crippen LogP contribution >= 0.6 is 0 Å². The number of hydrogen-bond donors (Lipinski definition) is 1. The van der Waals surface area contributed by atoms with E-state index < -0.39 is 0 Å². The zero-order valence-corrected chi connectivity index (χ0v) is 18.4. The number of aryl methyl sites for hydroxylation is 3. The number of anilines is 1. The van der Waals surface area contributed by atoms with Gasteiger partial charge in [-0.25, -0.2) is 4.98 Å². The monoisotopic (exact) mass is 427 g/mol. The highest BCUT2D eigenvalue weighted by atomic mass is 16.2. The number of amides is 1. The van der Waals surface area contributed by atoms with Crippen molar-refractivity contribution < 1.29 is 4.79 Å². The molecule has 1 aromatic carbocycles. The van der Waals surface area contributed by atoms with E-state index in [1.807, 2.05) is 54.9 Å². The van der Waals surface area contributed by atoms with Gasteiger partial charge in [-0.1, -0.05) is 6.07 Å². The second-order valence-corrected chi connectivity index (χ2v) is 8.64. The summed E-state index contributed by atoms with van der Waals surface area (Å²) in [5.74, 6) is 0.794. The Morgan fingerprint density at radius 1 is 1.12 bits per heavy atom. The van der Waals surface area contributed by atoms with Gasteiger partial charge in [-0.3, -0.25) is 14.6 Å². The third kappa shape index (κ3) is 3.70. The first-order valence-corrected chi connectivity index (χ1v) is 10.8. The van der Waals surface area contributed by atoms with E-state index in [-0.39, 0.29) is 11.5 Å². The van der Waals surface area contributed by atoms with Crippen molar-refractivity contribution in [3.05, 3.63) is 76.4 Å². The lowest BCUT2D eigenvalue weighted by Crippen LogP contribution is -2.20. The van der Waals surface area contributed by atoms with E-state index in [9.17, 15) is 9.59 Å². The Morgan fingerprint density at radius 3 is 2.72 bits per heavy atom. The van der Waals surface area contributed by atoms with Crippen molar-refractivity contribution in [3.8, 4) is 11.1 Å². The molecule has 1 amide bonds. The number of carbonyl (C=O) groups is 1. The van der Waals surface area contributed by atoms with Crippen molar-refractivity contribution in [2.24, 2.45) is 13.0 Å². The van der Waals surface area contributed by atoms with Crippen molar-refractivity contribution in [2.75, 3.05) is 5.32 Å². The van der Waals surface area contributed by atoms with Gasteiger partial charge in [0.2, 0.25) is 0 Å². The van der Waals surface area contributed by atoms with Gasteiger partial charge >= 0.3 is 0 Å². The fraction of sp³-hybridized carbons (Fsp3) is 0.280. The molecule has 3 heterocycles. The van der Waals surface area contributed by atoms with Crippen LogP contribution in [0, 0.1) is 19.8 Å². The van der Waals surface area contributed by atoms with Crippen LogP contribution in [-0.2, 0) is 13.6 Å². The summed E-state index contributed by atoms with van der Waals surface area (Å²) in [7, 11) is 1.77. The molecule has 5 rings (SSSR count). The summed E-state index contributed by atoms with van der Waals surface area (Å²) in [6.45, 7) is 4.69. The smallest absolute Gasteiger partial charge is 0.291 e. The standard InChI is InChI=1S/C25H25N5O2/c1-15-4-7-19(28-24(31)23-26-8-9-30(23)14-17-5-6-17)12-20(15)21-11-18-13-27-16(2)10-22(18)29(3)25(21)32/h4,7-13,17H,5-6,14H2,1-3H3,(H,28,31). The molecule has 0 spiro atoms. The Hall–Kier alpha value is -3.74. The molecule has 1 aliphatic carbocycles. The number of carbonyl (C=O) groups excluding carboxylic acids is 1. The first-order chi connectivity index (χ1) is 15.4. The van der Waals surface area contributed by atoms with Crippen molar-refractivity contribution in [2.45, 2.75) is 33.2 Å². The minimum atomic E-state index is -0.253. The van der Waals surface area contributed by atoms with Gasteiger partial charge in [0.25, 0.3) is 11.5 Å². The van der Waals surface area contributed by atoms with Crippen molar-refractivity contribution in [1.82, 2.24) is 19.1 Å². The maximum atomic E-state index is 13.2. The first-order valence-electron chi connectivity index (χ1n) is 10.8. The van der Waals surface area contributed by atoms with Gasteiger partial charge in [0, 0.05) is 54.5 Å². The molecule has 0 aliphatic heterocycles. The molecular weight excluding hydrogens is 402 g/mol. The van der Waals surface area contributed by atoms with Crippen molar-refractivity contribution >= 4 is 22.5 Å². The van der Waals surface area contributed by atoms with E-state index in [1.165, 1.54) is 12.8 Å². The first kappa shape index (κ1) is 20.2. The quantitative estimate of drug-likeness (QED) is 0.520. The number of rotatable bonds is 5. The molecule has 1 N–H and O–H groups in total. The highest BCUT2D eigenvalue weighted by Gasteiger charge is 2.24. The number of imidazole rings is 1. The number of hydrogen-bond acceptors (Lipinski definition) is 4. The van der Waals surface area contributed by atoms with Crippen LogP contribution in [-0.4, -0.2) is 25.0 Å². The molecule has 7 heteroatoms. The van der Waals surface area contributed by atoms with Crippen LogP contribution in [0.3, 0.4) is 0 Å². The molecular formula is C25H25N5O2. The van der Waals surface area contributed by atoms with Gasteiger partial charge in [0.05, 0.1) is 5.52 Å². The van der Waals surface area contributed by atoms with Crippen molar-refractivity contribution in [3.63, 3.8) is 0 Å². The van der Waals surface area contributed by atoms with Crippen molar-refractivity contribution in [1.29, 1.82) is 0 Å². The van der Waals surface area contributed by atoms with Crippen LogP contribution < -0.4 is 10.9 Å². The van der Waals surface area contributed by atoms with Gasteiger partial charge < -0.3 is 14.5 Å². The largest absolute Gasteiger partial charge is 0.327 e. The highest BCUT2D eigenvalue weighted by molar-refractivity contribution is 6.02. The molecule has 0 bridgehead atoms. The average Bonchev–Trinajstić information content (AvgIpc) is 3.47. The summed E-state index contributed by atoms with van der Waals surface area (Å²) in [5.41, 5.74) is 4.56. The Bertz CT molecular complexity index is 1410. The summed E-state index contributed by atoms with van der Waals surface area (Å²) >= 11 is 0. The Morgan fingerprint density at radius 2 is 1.94 bits per heavy atom. The second kappa shape index (κ2) is 7.75. The number of benzene rings is 1. The zero-order chi connectivity index (χ0) is 22.4. The van der Waals surface area contributed by atoms with E-state index in [4.69, 9.17) is 0 Å². The minimum absolute atomic E-state index is 0.0883. The molecule has 4 aromatic rings. The van der Waals surface area contributed by atoms with Gasteiger partial charge in [-0.05, 0) is 68.0 Å². The molecule has 1 aliphatic rings. The van der Waals surface area contributed by atoms with Crippen LogP contribution in [0.25, 0.3) is 22.0 Å². The SMILES string of the molecule is Cc1cc2c(cn1)cc(-c1cc(NC(=O)c3nccn3CC3CC3)ccc1C)c(=O)n2C. The predicted molar refractivity (Wildman–Crippen MR) is 125 cm³/mol. The maximum Gasteiger partial charge on any atom is 0.291 e. The molecule has 1 saturated carbocycles. The topological polar surface area (TPSA) is 81.8 Å². The Balaban J connectivity index is 1.50. The maximum absolute atomic E-state index is 13.2. The van der Waals surface area contributed by atoms with E-state index in [0.717, 1.165) is 34.3 Å². The third-order valence-corrected chi connectivity index (χ3v) is 6.10. The van der Waals surface area contributed by atoms with Gasteiger partial charge in [0.15, 0.2) is 5.82 Å². The summed E-state index contributed by atoms with van der Waals surface area (Å²) in [4.78, 5) is 34.7. The molecule has 32 heavy (non-hydrogen) atoms. The van der Waals surface area contributed by atoms with Gasteiger partial charge in [0.1, 0.15) is 0 Å². The Kier molecular flexibility index (Phi) is 4.89. The molecule has 1 fully saturated rings. The van der Waals surface area contributed by atoms with Gasteiger partial charge in [-0.15, -0.1) is 0 Å². The fourth-order valence-corrected chi connectivity index (χ4v) is 4.08. The summed E-state index contributed by atoms with van der Waals surface area (Å²) < 4.78 is 3.56. The van der Waals surface area contributed by atoms with Crippen LogP contribution in [0.4, 0.5) is 5.69 Å². The lowest BCUT2D eigenvalue weighted by molar-refractivity contribution is 0.101. The number of nitrogens with one attached hydrogen (secondary N) is 1. The van der Waals surface area contributed by atoms with Crippen LogP contribution in [0.1, 0.15) is 34.7 Å². The molecule has 0 atom stereocenters. The molecule has 0 radical (unpaired) electrons. The average molecular weight is 428 g/mol. The number of nitrogens with zero attached hydrogens (tertiary/aromatic N) is 4. The predicted octanol–water partition coefficient (Wildman–Crippen LogP) is 4.08. The number of fused-ring (bicyclic) bond motifs is 1. The number of pyridine rings is 2. The third-order valence-electron chi connectivity index (χ3n) is 6.10. The normalized spacial score (nSPS) is 13.5. The Labute approximate surface area is 185 Å². The van der Waals surface area contributed by atoms with E-state index in [2.05, 4.69) is 15.3 Å². The van der Waals surface area contributed by atoms with E-state index in [0.29, 0.717) is 23.0 Å². The zero-order valence-electron chi connectivity index (χ0n) is 18.4. The lowest BCUT2D eigenvalue weighted by Gasteiger charge is -2.13. The van der Waals surface area contributed by atoms with Crippen LogP contribution in [0.5, 0.6) is 0 Å². The molecule has 0 saturated heterocycles. The fourth-order valence-electron chi connectivity index (χ4n) is 4.08. The lowest BCUT2D eigenvalue weighted by atomic mass is 9.99.